The van der Waals surface area contributed by atoms with E-state index in [1.54, 1.807) is 24.5 Å². The Morgan fingerprint density at radius 3 is 2.79 bits per heavy atom. The smallest absolute Gasteiger partial charge is 0.241 e. The van der Waals surface area contributed by atoms with Gasteiger partial charge < -0.3 is 20.5 Å². The van der Waals surface area contributed by atoms with E-state index in [0.29, 0.717) is 39.3 Å². The number of nitrogens with one attached hydrogen (secondary N) is 1. The van der Waals surface area contributed by atoms with Crippen molar-refractivity contribution in [1.29, 1.82) is 0 Å². The Morgan fingerprint density at radius 2 is 2.00 bits per heavy atom. The van der Waals surface area contributed by atoms with Crippen LogP contribution in [-0.4, -0.2) is 50.0 Å². The highest BCUT2D eigenvalue weighted by molar-refractivity contribution is 6.35. The fourth-order valence-corrected chi connectivity index (χ4v) is 4.02. The summed E-state index contributed by atoms with van der Waals surface area (Å²) >= 11 is 12.0. The summed E-state index contributed by atoms with van der Waals surface area (Å²) in [7, 11) is 0. The van der Waals surface area contributed by atoms with E-state index in [9.17, 15) is 4.79 Å². The second kappa shape index (κ2) is 7.81. The van der Waals surface area contributed by atoms with Gasteiger partial charge in [-0.2, -0.15) is 0 Å². The third kappa shape index (κ3) is 3.83. The molecule has 28 heavy (non-hydrogen) atoms. The van der Waals surface area contributed by atoms with Gasteiger partial charge in [-0.1, -0.05) is 23.2 Å². The summed E-state index contributed by atoms with van der Waals surface area (Å²) in [6, 6.07) is 5.22. The molecular formula is C18H19Cl2N7O. The lowest BCUT2D eigenvalue weighted by Crippen LogP contribution is -2.43. The Bertz CT molecular complexity index is 1000. The number of hydrogen-bond acceptors (Lipinski definition) is 6. The zero-order valence-corrected chi connectivity index (χ0v) is 16.5. The second-order valence-corrected chi connectivity index (χ2v) is 7.60. The second-order valence-electron chi connectivity index (χ2n) is 6.73. The van der Waals surface area contributed by atoms with Crippen LogP contribution in [0.15, 0.2) is 30.9 Å². The number of likely N-dealkylation sites (tertiary alicyclic amines) is 1. The maximum Gasteiger partial charge on any atom is 0.241 e. The van der Waals surface area contributed by atoms with Crippen LogP contribution in [-0.2, 0) is 4.79 Å². The number of nitrogens with zero attached hydrogens (tertiary/aromatic N) is 5. The molecule has 1 saturated heterocycles. The summed E-state index contributed by atoms with van der Waals surface area (Å²) in [5, 5.41) is 4.14. The van der Waals surface area contributed by atoms with E-state index < -0.39 is 0 Å². The van der Waals surface area contributed by atoms with E-state index in [1.807, 2.05) is 9.47 Å². The highest BCUT2D eigenvalue weighted by atomic mass is 35.5. The molecule has 3 heterocycles. The molecule has 1 aliphatic rings. The van der Waals surface area contributed by atoms with Crippen molar-refractivity contribution in [3.63, 3.8) is 0 Å². The van der Waals surface area contributed by atoms with Crippen molar-refractivity contribution in [3.8, 4) is 0 Å². The largest absolute Gasteiger partial charge is 0.382 e. The van der Waals surface area contributed by atoms with Gasteiger partial charge in [0.15, 0.2) is 11.5 Å². The lowest BCUT2D eigenvalue weighted by atomic mass is 10.1. The van der Waals surface area contributed by atoms with Crippen LogP contribution in [0.1, 0.15) is 18.9 Å². The molecule has 0 bridgehead atoms. The molecule has 146 valence electrons. The summed E-state index contributed by atoms with van der Waals surface area (Å²) in [5.74, 6) is 0.372. The van der Waals surface area contributed by atoms with Gasteiger partial charge >= 0.3 is 0 Å². The molecule has 1 fully saturated rings. The van der Waals surface area contributed by atoms with Gasteiger partial charge in [-0.15, -0.1) is 0 Å². The van der Waals surface area contributed by atoms with Crippen LogP contribution in [0, 0.1) is 0 Å². The van der Waals surface area contributed by atoms with E-state index in [-0.39, 0.29) is 18.5 Å². The number of amides is 1. The van der Waals surface area contributed by atoms with Crippen LogP contribution in [0.25, 0.3) is 11.2 Å². The summed E-state index contributed by atoms with van der Waals surface area (Å²) in [5.41, 5.74) is 7.87. The summed E-state index contributed by atoms with van der Waals surface area (Å²) in [6.45, 7) is 1.48. The molecule has 0 spiro atoms. The van der Waals surface area contributed by atoms with Crippen molar-refractivity contribution in [2.45, 2.75) is 18.9 Å². The van der Waals surface area contributed by atoms with Crippen LogP contribution in [0.4, 0.5) is 11.5 Å². The molecule has 1 aliphatic heterocycles. The Morgan fingerprint density at radius 1 is 1.21 bits per heavy atom. The van der Waals surface area contributed by atoms with Gasteiger partial charge in [-0.25, -0.2) is 15.0 Å². The van der Waals surface area contributed by atoms with E-state index in [4.69, 9.17) is 28.9 Å². The molecule has 4 rings (SSSR count). The highest BCUT2D eigenvalue weighted by Crippen LogP contribution is 2.26. The molecule has 0 aliphatic carbocycles. The monoisotopic (exact) mass is 419 g/mol. The number of halogens is 2. The average Bonchev–Trinajstić information content (AvgIpc) is 3.11. The summed E-state index contributed by atoms with van der Waals surface area (Å²) in [6.07, 6.45) is 5.00. The van der Waals surface area contributed by atoms with Gasteiger partial charge in [0, 0.05) is 28.8 Å². The van der Waals surface area contributed by atoms with Gasteiger partial charge in [0.25, 0.3) is 0 Å². The van der Waals surface area contributed by atoms with Crippen LogP contribution in [0.5, 0.6) is 0 Å². The molecule has 3 aromatic rings. The minimum Gasteiger partial charge on any atom is -0.382 e. The van der Waals surface area contributed by atoms with Crippen molar-refractivity contribution >= 4 is 51.8 Å². The molecule has 2 aromatic heterocycles. The predicted octanol–water partition coefficient (Wildman–Crippen LogP) is 2.99. The molecule has 0 radical (unpaired) electrons. The van der Waals surface area contributed by atoms with Crippen molar-refractivity contribution < 1.29 is 4.79 Å². The predicted molar refractivity (Wildman–Crippen MR) is 110 cm³/mol. The molecule has 8 nitrogen and oxygen atoms in total. The first-order chi connectivity index (χ1) is 13.5. The molecule has 1 amide bonds. The van der Waals surface area contributed by atoms with Gasteiger partial charge in [-0.05, 0) is 31.0 Å². The quantitative estimate of drug-likeness (QED) is 0.673. The van der Waals surface area contributed by atoms with Crippen molar-refractivity contribution in [2.24, 2.45) is 0 Å². The zero-order chi connectivity index (χ0) is 19.7. The first-order valence-electron chi connectivity index (χ1n) is 8.92. The number of carbonyl (C=O) groups is 1. The average molecular weight is 420 g/mol. The van der Waals surface area contributed by atoms with Gasteiger partial charge in [-0.3, -0.25) is 4.79 Å². The van der Waals surface area contributed by atoms with Crippen LogP contribution in [0.2, 0.25) is 10.0 Å². The molecule has 10 heteroatoms. The van der Waals surface area contributed by atoms with Gasteiger partial charge in [0.2, 0.25) is 5.91 Å². The van der Waals surface area contributed by atoms with Crippen molar-refractivity contribution in [1.82, 2.24) is 24.4 Å². The Labute approximate surface area is 171 Å². The Hall–Kier alpha value is -2.58. The number of fused-ring (bicyclic) bond motifs is 1. The van der Waals surface area contributed by atoms with E-state index in [0.717, 1.165) is 19.4 Å². The van der Waals surface area contributed by atoms with Crippen LogP contribution < -0.4 is 11.1 Å². The topological polar surface area (TPSA) is 102 Å². The molecule has 1 aromatic carbocycles. The number of aromatic nitrogens is 4. The van der Waals surface area contributed by atoms with Gasteiger partial charge in [0.05, 0.1) is 18.9 Å². The van der Waals surface area contributed by atoms with E-state index in [2.05, 4.69) is 20.3 Å². The zero-order valence-electron chi connectivity index (χ0n) is 15.0. The minimum absolute atomic E-state index is 0.0133. The van der Waals surface area contributed by atoms with Crippen molar-refractivity contribution in [2.75, 3.05) is 30.7 Å². The molecule has 1 unspecified atom stereocenters. The molecule has 3 N–H and O–H groups in total. The normalized spacial score (nSPS) is 17.1. The number of anilines is 2. The Balaban J connectivity index is 1.44. The standard InChI is InChI=1S/C18H19Cl2N7O/c19-11-4-12(20)6-13(5-11)22-7-15(28)26-3-1-2-14(8-26)27-10-25-16-17(21)23-9-24-18(16)27/h4-6,9-10,14,22H,1-3,7-8H2,(H2,21,23,24). The van der Waals surface area contributed by atoms with E-state index >= 15 is 0 Å². The SMILES string of the molecule is Nc1ncnc2c1ncn2C1CCCN(C(=O)CNc2cc(Cl)cc(Cl)c2)C1. The van der Waals surface area contributed by atoms with Crippen LogP contribution in [0.3, 0.4) is 0 Å². The van der Waals surface area contributed by atoms with Crippen molar-refractivity contribution in [3.05, 3.63) is 40.9 Å². The third-order valence-corrected chi connectivity index (χ3v) is 5.27. The lowest BCUT2D eigenvalue weighted by Gasteiger charge is -2.33. The number of carbonyl (C=O) groups excluding carboxylic acids is 1. The summed E-state index contributed by atoms with van der Waals surface area (Å²) < 4.78 is 1.98. The number of benzene rings is 1. The summed E-state index contributed by atoms with van der Waals surface area (Å²) in [4.78, 5) is 27.2. The number of nitrogens with two attached hydrogens (primary N) is 1. The lowest BCUT2D eigenvalue weighted by molar-refractivity contribution is -0.130. The minimum atomic E-state index is 0.0133. The molecule has 0 saturated carbocycles. The van der Waals surface area contributed by atoms with Gasteiger partial charge in [0.1, 0.15) is 11.8 Å². The fraction of sp³-hybridized carbons (Fsp3) is 0.333. The molecular weight excluding hydrogens is 401 g/mol. The van der Waals surface area contributed by atoms with Crippen LogP contribution >= 0.6 is 23.2 Å². The number of nitrogen functional groups attached to an aromatic ring is 1. The first kappa shape index (κ1) is 18.8. The Kier molecular flexibility index (Phi) is 5.23. The first-order valence-corrected chi connectivity index (χ1v) is 9.67. The number of rotatable bonds is 4. The fourth-order valence-electron chi connectivity index (χ4n) is 3.49. The number of hydrogen-bond donors (Lipinski definition) is 2. The number of piperidine rings is 1. The maximum absolute atomic E-state index is 12.7. The molecule has 1 atom stereocenters. The third-order valence-electron chi connectivity index (χ3n) is 4.84. The highest BCUT2D eigenvalue weighted by Gasteiger charge is 2.26. The van der Waals surface area contributed by atoms with E-state index in [1.165, 1.54) is 6.33 Å². The number of imidazole rings is 1. The maximum atomic E-state index is 12.7.